The second kappa shape index (κ2) is 13.2. The number of hydrogen-bond donors (Lipinski definition) is 2. The number of unbranched alkanes of at least 4 members (excludes halogenated alkanes) is 8. The van der Waals surface area contributed by atoms with Crippen LogP contribution in [0.15, 0.2) is 24.3 Å². The molecule has 0 aliphatic rings. The highest BCUT2D eigenvalue weighted by Gasteiger charge is 2.16. The molecular weight excluding hydrogens is 310 g/mol. The van der Waals surface area contributed by atoms with Crippen LogP contribution >= 0.6 is 0 Å². The first-order valence-corrected chi connectivity index (χ1v) is 10.2. The van der Waals surface area contributed by atoms with Crippen LogP contribution in [-0.4, -0.2) is 23.9 Å². The van der Waals surface area contributed by atoms with Crippen molar-refractivity contribution < 1.29 is 9.84 Å². The largest absolute Gasteiger partial charge is 0.494 e. The van der Waals surface area contributed by atoms with Crippen molar-refractivity contribution in [2.75, 3.05) is 13.2 Å². The molecule has 3 heteroatoms. The maximum Gasteiger partial charge on any atom is 0.119 e. The monoisotopic (exact) mass is 349 g/mol. The topological polar surface area (TPSA) is 55.5 Å². The summed E-state index contributed by atoms with van der Waals surface area (Å²) in [4.78, 5) is 0. The first-order valence-electron chi connectivity index (χ1n) is 10.2. The summed E-state index contributed by atoms with van der Waals surface area (Å²) >= 11 is 0. The minimum Gasteiger partial charge on any atom is -0.494 e. The van der Waals surface area contributed by atoms with E-state index in [-0.39, 0.29) is 6.61 Å². The minimum atomic E-state index is -0.495. The molecule has 3 N–H and O–H groups in total. The Morgan fingerprint density at radius 3 is 2.04 bits per heavy atom. The molecule has 25 heavy (non-hydrogen) atoms. The van der Waals surface area contributed by atoms with Gasteiger partial charge in [0, 0.05) is 5.54 Å². The number of ether oxygens (including phenoxy) is 1. The number of aryl methyl sites for hydroxylation is 1. The molecule has 1 rings (SSSR count). The van der Waals surface area contributed by atoms with Gasteiger partial charge in [-0.1, -0.05) is 70.4 Å². The molecule has 1 atom stereocenters. The summed E-state index contributed by atoms with van der Waals surface area (Å²) < 4.78 is 5.82. The molecule has 0 fully saturated rings. The van der Waals surface area contributed by atoms with Crippen molar-refractivity contribution in [3.05, 3.63) is 29.8 Å². The third-order valence-corrected chi connectivity index (χ3v) is 4.79. The molecule has 0 saturated heterocycles. The van der Waals surface area contributed by atoms with Gasteiger partial charge in [-0.25, -0.2) is 0 Å². The van der Waals surface area contributed by atoms with Crippen LogP contribution in [0.4, 0.5) is 0 Å². The van der Waals surface area contributed by atoms with E-state index in [1.54, 1.807) is 0 Å². The van der Waals surface area contributed by atoms with Gasteiger partial charge >= 0.3 is 0 Å². The molecular formula is C22H39NO2. The Kier molecular flexibility index (Phi) is 11.6. The molecule has 0 bridgehead atoms. The zero-order valence-corrected chi connectivity index (χ0v) is 16.4. The predicted octanol–water partition coefficient (Wildman–Crippen LogP) is 5.24. The van der Waals surface area contributed by atoms with Crippen LogP contribution in [0, 0.1) is 0 Å². The summed E-state index contributed by atoms with van der Waals surface area (Å²) in [6.07, 6.45) is 13.7. The zero-order valence-electron chi connectivity index (χ0n) is 16.4. The number of nitrogens with two attached hydrogens (primary N) is 1. The van der Waals surface area contributed by atoms with Crippen molar-refractivity contribution in [3.8, 4) is 5.75 Å². The number of benzene rings is 1. The molecule has 3 nitrogen and oxygen atoms in total. The molecule has 144 valence electrons. The lowest BCUT2D eigenvalue weighted by atomic mass is 9.95. The third kappa shape index (κ3) is 11.2. The van der Waals surface area contributed by atoms with Crippen LogP contribution in [-0.2, 0) is 6.42 Å². The smallest absolute Gasteiger partial charge is 0.119 e. The first kappa shape index (κ1) is 22.0. The Morgan fingerprint density at radius 2 is 1.48 bits per heavy atom. The Labute approximate surface area is 155 Å². The predicted molar refractivity (Wildman–Crippen MR) is 107 cm³/mol. The lowest BCUT2D eigenvalue weighted by molar-refractivity contribution is 0.200. The highest BCUT2D eigenvalue weighted by molar-refractivity contribution is 5.27. The summed E-state index contributed by atoms with van der Waals surface area (Å²) in [5, 5.41) is 9.19. The van der Waals surface area contributed by atoms with Gasteiger partial charge in [0.2, 0.25) is 0 Å². The average Bonchev–Trinajstić information content (AvgIpc) is 2.62. The molecule has 0 radical (unpaired) electrons. The van der Waals surface area contributed by atoms with Crippen LogP contribution in [0.2, 0.25) is 0 Å². The number of aliphatic hydroxyl groups excluding tert-OH is 1. The van der Waals surface area contributed by atoms with Gasteiger partial charge in [0.05, 0.1) is 13.2 Å². The Balaban J connectivity index is 2.06. The number of aliphatic hydroxyl groups is 1. The molecule has 1 aromatic carbocycles. The molecule has 0 saturated carbocycles. The number of hydrogen-bond acceptors (Lipinski definition) is 3. The van der Waals surface area contributed by atoms with Crippen molar-refractivity contribution in [1.82, 2.24) is 0 Å². The van der Waals surface area contributed by atoms with E-state index in [1.165, 1.54) is 56.9 Å². The van der Waals surface area contributed by atoms with E-state index in [0.29, 0.717) is 0 Å². The van der Waals surface area contributed by atoms with Crippen molar-refractivity contribution in [2.24, 2.45) is 5.73 Å². The van der Waals surface area contributed by atoms with E-state index >= 15 is 0 Å². The molecule has 0 heterocycles. The standard InChI is InChI=1S/C22H39NO2/c1-3-4-5-6-7-8-9-10-11-18-25-21-14-12-20(13-15-21)16-17-22(2,23)19-24/h12-15,24H,3-11,16-19,23H2,1-2H3. The van der Waals surface area contributed by atoms with Gasteiger partial charge in [0.15, 0.2) is 0 Å². The van der Waals surface area contributed by atoms with E-state index in [0.717, 1.165) is 31.6 Å². The average molecular weight is 350 g/mol. The van der Waals surface area contributed by atoms with Crippen molar-refractivity contribution in [1.29, 1.82) is 0 Å². The summed E-state index contributed by atoms with van der Waals surface area (Å²) in [6, 6.07) is 8.27. The fourth-order valence-electron chi connectivity index (χ4n) is 2.86. The third-order valence-electron chi connectivity index (χ3n) is 4.79. The Bertz CT molecular complexity index is 428. The van der Waals surface area contributed by atoms with Gasteiger partial charge in [-0.3, -0.25) is 0 Å². The van der Waals surface area contributed by atoms with Crippen molar-refractivity contribution in [3.63, 3.8) is 0 Å². The van der Waals surface area contributed by atoms with Crippen LogP contribution in [0.1, 0.15) is 83.6 Å². The summed E-state index contributed by atoms with van der Waals surface area (Å²) in [7, 11) is 0. The van der Waals surface area contributed by atoms with E-state index < -0.39 is 5.54 Å². The minimum absolute atomic E-state index is 0.0208. The second-order valence-corrected chi connectivity index (χ2v) is 7.63. The van der Waals surface area contributed by atoms with Gasteiger partial charge < -0.3 is 15.6 Å². The lowest BCUT2D eigenvalue weighted by Crippen LogP contribution is -2.40. The SMILES string of the molecule is CCCCCCCCCCCOc1ccc(CCC(C)(N)CO)cc1. The van der Waals surface area contributed by atoms with Crippen LogP contribution in [0.5, 0.6) is 5.75 Å². The summed E-state index contributed by atoms with van der Waals surface area (Å²) in [6.45, 7) is 4.98. The normalized spacial score (nSPS) is 13.6. The van der Waals surface area contributed by atoms with Gasteiger partial charge in [-0.2, -0.15) is 0 Å². The van der Waals surface area contributed by atoms with E-state index in [9.17, 15) is 5.11 Å². The van der Waals surface area contributed by atoms with Crippen molar-refractivity contribution >= 4 is 0 Å². The van der Waals surface area contributed by atoms with Crippen LogP contribution < -0.4 is 10.5 Å². The molecule has 0 aliphatic heterocycles. The second-order valence-electron chi connectivity index (χ2n) is 7.63. The first-order chi connectivity index (χ1) is 12.1. The van der Waals surface area contributed by atoms with Gasteiger partial charge in [-0.05, 0) is 43.9 Å². The molecule has 0 spiro atoms. The molecule has 1 aromatic rings. The highest BCUT2D eigenvalue weighted by Crippen LogP contribution is 2.17. The summed E-state index contributed by atoms with van der Waals surface area (Å²) in [5.74, 6) is 0.945. The molecule has 0 aromatic heterocycles. The van der Waals surface area contributed by atoms with Gasteiger partial charge in [0.25, 0.3) is 0 Å². The van der Waals surface area contributed by atoms with Crippen LogP contribution in [0.3, 0.4) is 0 Å². The van der Waals surface area contributed by atoms with Crippen molar-refractivity contribution in [2.45, 2.75) is 90.0 Å². The zero-order chi connectivity index (χ0) is 18.4. The highest BCUT2D eigenvalue weighted by atomic mass is 16.5. The Hall–Kier alpha value is -1.06. The lowest BCUT2D eigenvalue weighted by Gasteiger charge is -2.21. The fourth-order valence-corrected chi connectivity index (χ4v) is 2.86. The van der Waals surface area contributed by atoms with E-state index in [4.69, 9.17) is 10.5 Å². The van der Waals surface area contributed by atoms with Crippen LogP contribution in [0.25, 0.3) is 0 Å². The quantitative estimate of drug-likeness (QED) is 0.426. The van der Waals surface area contributed by atoms with E-state index in [1.807, 2.05) is 19.1 Å². The maximum atomic E-state index is 9.19. The van der Waals surface area contributed by atoms with Gasteiger partial charge in [-0.15, -0.1) is 0 Å². The van der Waals surface area contributed by atoms with Gasteiger partial charge in [0.1, 0.15) is 5.75 Å². The molecule has 1 unspecified atom stereocenters. The summed E-state index contributed by atoms with van der Waals surface area (Å²) in [5.41, 5.74) is 6.71. The number of rotatable bonds is 15. The van der Waals surface area contributed by atoms with E-state index in [2.05, 4.69) is 19.1 Å². The Morgan fingerprint density at radius 1 is 0.920 bits per heavy atom. The molecule has 0 aliphatic carbocycles. The molecule has 0 amide bonds. The fraction of sp³-hybridized carbons (Fsp3) is 0.727. The maximum absolute atomic E-state index is 9.19.